The van der Waals surface area contributed by atoms with E-state index in [1.807, 2.05) is 4.90 Å². The van der Waals surface area contributed by atoms with Crippen molar-refractivity contribution in [3.05, 3.63) is 46.2 Å². The number of likely N-dealkylation sites (tertiary alicyclic amines) is 1. The van der Waals surface area contributed by atoms with Crippen LogP contribution >= 0.6 is 12.2 Å². The zero-order valence-corrected chi connectivity index (χ0v) is 16.5. The molecule has 7 heteroatoms. The van der Waals surface area contributed by atoms with Gasteiger partial charge in [0.1, 0.15) is 11.6 Å². The van der Waals surface area contributed by atoms with Gasteiger partial charge in [-0.3, -0.25) is 9.89 Å². The SMILES string of the molecule is CC(C)n1c(C2CCN(C(=O)C3CC3c3ccc(F)cc3)CC2)n[nH]c1=S. The molecular weight excluding hydrogens is 363 g/mol. The molecular formula is C20H25FN4OS. The molecule has 1 aromatic heterocycles. The highest BCUT2D eigenvalue weighted by Crippen LogP contribution is 2.48. The van der Waals surface area contributed by atoms with E-state index in [4.69, 9.17) is 12.2 Å². The van der Waals surface area contributed by atoms with Gasteiger partial charge >= 0.3 is 0 Å². The maximum Gasteiger partial charge on any atom is 0.226 e. The molecule has 0 radical (unpaired) electrons. The monoisotopic (exact) mass is 388 g/mol. The van der Waals surface area contributed by atoms with Gasteiger partial charge in [-0.2, -0.15) is 5.10 Å². The molecule has 1 saturated carbocycles. The predicted molar refractivity (Wildman–Crippen MR) is 104 cm³/mol. The van der Waals surface area contributed by atoms with Crippen LogP contribution in [0, 0.1) is 16.5 Å². The van der Waals surface area contributed by atoms with Crippen LogP contribution in [-0.2, 0) is 4.79 Å². The molecule has 0 bridgehead atoms. The average Bonchev–Trinajstić information content (AvgIpc) is 3.36. The lowest BCUT2D eigenvalue weighted by molar-refractivity contribution is -0.133. The van der Waals surface area contributed by atoms with Crippen LogP contribution in [0.15, 0.2) is 24.3 Å². The normalized spacial score (nSPS) is 23.0. The van der Waals surface area contributed by atoms with Crippen LogP contribution in [0.25, 0.3) is 0 Å². The third-order valence-corrected chi connectivity index (χ3v) is 6.11. The van der Waals surface area contributed by atoms with Crippen molar-refractivity contribution in [2.75, 3.05) is 13.1 Å². The summed E-state index contributed by atoms with van der Waals surface area (Å²) in [7, 11) is 0. The van der Waals surface area contributed by atoms with E-state index in [1.54, 1.807) is 12.1 Å². The lowest BCUT2D eigenvalue weighted by Crippen LogP contribution is -2.39. The van der Waals surface area contributed by atoms with Crippen LogP contribution in [-0.4, -0.2) is 38.7 Å². The Balaban J connectivity index is 1.37. The molecule has 1 saturated heterocycles. The summed E-state index contributed by atoms with van der Waals surface area (Å²) in [5.74, 6) is 1.65. The van der Waals surface area contributed by atoms with Crippen molar-refractivity contribution in [3.8, 4) is 0 Å². The molecule has 2 aliphatic rings. The van der Waals surface area contributed by atoms with E-state index >= 15 is 0 Å². The number of rotatable bonds is 4. The quantitative estimate of drug-likeness (QED) is 0.800. The minimum absolute atomic E-state index is 0.0530. The molecule has 0 spiro atoms. The highest BCUT2D eigenvalue weighted by atomic mass is 32.1. The summed E-state index contributed by atoms with van der Waals surface area (Å²) in [5.41, 5.74) is 1.07. The summed E-state index contributed by atoms with van der Waals surface area (Å²) in [6.07, 6.45) is 2.69. The Bertz CT molecular complexity index is 880. The minimum Gasteiger partial charge on any atom is -0.342 e. The Kier molecular flexibility index (Phi) is 4.88. The molecule has 1 aromatic carbocycles. The first-order valence-electron chi connectivity index (χ1n) is 9.66. The fraction of sp³-hybridized carbons (Fsp3) is 0.550. The van der Waals surface area contributed by atoms with Gasteiger partial charge < -0.3 is 9.47 Å². The summed E-state index contributed by atoms with van der Waals surface area (Å²) in [6, 6.07) is 6.82. The van der Waals surface area contributed by atoms with Gasteiger partial charge in [-0.15, -0.1) is 0 Å². The maximum absolute atomic E-state index is 13.1. The number of carbonyl (C=O) groups excluding carboxylic acids is 1. The molecule has 1 aliphatic heterocycles. The topological polar surface area (TPSA) is 53.9 Å². The zero-order valence-electron chi connectivity index (χ0n) is 15.7. The van der Waals surface area contributed by atoms with Gasteiger partial charge in [-0.25, -0.2) is 4.39 Å². The number of nitrogens with one attached hydrogen (secondary N) is 1. The van der Waals surface area contributed by atoms with E-state index < -0.39 is 0 Å². The van der Waals surface area contributed by atoms with Crippen LogP contribution < -0.4 is 0 Å². The van der Waals surface area contributed by atoms with Crippen LogP contribution in [0.3, 0.4) is 0 Å². The summed E-state index contributed by atoms with van der Waals surface area (Å²) in [5, 5.41) is 7.36. The standard InChI is InChI=1S/C20H25FN4OS/c1-12(2)25-18(22-23-20(25)27)14-7-9-24(10-8-14)19(26)17-11-16(17)13-3-5-15(21)6-4-13/h3-6,12,14,16-17H,7-11H2,1-2H3,(H,23,27). The first kappa shape index (κ1) is 18.3. The molecule has 2 aromatic rings. The van der Waals surface area contributed by atoms with Crippen molar-refractivity contribution in [3.63, 3.8) is 0 Å². The number of aromatic amines is 1. The van der Waals surface area contributed by atoms with Crippen LogP contribution in [0.2, 0.25) is 0 Å². The van der Waals surface area contributed by atoms with Crippen molar-refractivity contribution >= 4 is 18.1 Å². The molecule has 4 rings (SSSR count). The van der Waals surface area contributed by atoms with Crippen molar-refractivity contribution in [1.82, 2.24) is 19.7 Å². The first-order valence-corrected chi connectivity index (χ1v) is 10.1. The molecule has 1 aliphatic carbocycles. The van der Waals surface area contributed by atoms with E-state index in [1.165, 1.54) is 12.1 Å². The molecule has 2 atom stereocenters. The Morgan fingerprint density at radius 2 is 1.93 bits per heavy atom. The van der Waals surface area contributed by atoms with Crippen molar-refractivity contribution in [1.29, 1.82) is 0 Å². The number of benzene rings is 1. The Morgan fingerprint density at radius 1 is 1.26 bits per heavy atom. The van der Waals surface area contributed by atoms with Gasteiger partial charge in [0.05, 0.1) is 0 Å². The highest BCUT2D eigenvalue weighted by Gasteiger charge is 2.46. The number of amides is 1. The Hall–Kier alpha value is -2.02. The molecule has 1 amide bonds. The second-order valence-corrected chi connectivity index (χ2v) is 8.34. The van der Waals surface area contributed by atoms with Crippen LogP contribution in [0.5, 0.6) is 0 Å². The largest absolute Gasteiger partial charge is 0.342 e. The number of halogens is 1. The average molecular weight is 389 g/mol. The maximum atomic E-state index is 13.1. The van der Waals surface area contributed by atoms with Crippen LogP contribution in [0.4, 0.5) is 4.39 Å². The van der Waals surface area contributed by atoms with E-state index in [0.717, 1.165) is 43.7 Å². The van der Waals surface area contributed by atoms with Crippen LogP contribution in [0.1, 0.15) is 62.4 Å². The van der Waals surface area contributed by atoms with E-state index in [0.29, 0.717) is 10.7 Å². The second kappa shape index (κ2) is 7.19. The smallest absolute Gasteiger partial charge is 0.226 e. The number of piperidine rings is 1. The minimum atomic E-state index is -0.233. The van der Waals surface area contributed by atoms with Gasteiger partial charge in [0.15, 0.2) is 4.77 Å². The van der Waals surface area contributed by atoms with Gasteiger partial charge in [0, 0.05) is 31.0 Å². The molecule has 144 valence electrons. The Labute approximate surface area is 163 Å². The van der Waals surface area contributed by atoms with Crippen molar-refractivity contribution in [2.45, 2.75) is 51.0 Å². The fourth-order valence-electron chi connectivity index (χ4n) is 4.24. The van der Waals surface area contributed by atoms with Gasteiger partial charge in [-0.05, 0) is 68.9 Å². The number of nitrogens with zero attached hydrogens (tertiary/aromatic N) is 3. The summed E-state index contributed by atoms with van der Waals surface area (Å²) < 4.78 is 15.8. The summed E-state index contributed by atoms with van der Waals surface area (Å²) in [6.45, 7) is 5.73. The summed E-state index contributed by atoms with van der Waals surface area (Å²) >= 11 is 5.35. The van der Waals surface area contributed by atoms with Crippen molar-refractivity contribution in [2.24, 2.45) is 5.92 Å². The number of H-pyrrole nitrogens is 1. The lowest BCUT2D eigenvalue weighted by Gasteiger charge is -2.32. The molecule has 1 N–H and O–H groups in total. The third-order valence-electron chi connectivity index (χ3n) is 5.83. The first-order chi connectivity index (χ1) is 13.0. The molecule has 2 unspecified atom stereocenters. The number of hydrogen-bond acceptors (Lipinski definition) is 3. The van der Waals surface area contributed by atoms with E-state index in [2.05, 4.69) is 28.6 Å². The van der Waals surface area contributed by atoms with E-state index in [9.17, 15) is 9.18 Å². The zero-order chi connectivity index (χ0) is 19.1. The molecule has 27 heavy (non-hydrogen) atoms. The van der Waals surface area contributed by atoms with Gasteiger partial charge in [0.2, 0.25) is 5.91 Å². The molecule has 2 fully saturated rings. The van der Waals surface area contributed by atoms with Gasteiger partial charge in [-0.1, -0.05) is 12.1 Å². The number of carbonyl (C=O) groups is 1. The second-order valence-electron chi connectivity index (χ2n) is 7.95. The molecule has 2 heterocycles. The summed E-state index contributed by atoms with van der Waals surface area (Å²) in [4.78, 5) is 14.8. The fourth-order valence-corrected chi connectivity index (χ4v) is 4.59. The van der Waals surface area contributed by atoms with E-state index in [-0.39, 0.29) is 29.6 Å². The third kappa shape index (κ3) is 3.57. The number of aromatic nitrogens is 3. The number of hydrogen-bond donors (Lipinski definition) is 1. The predicted octanol–water partition coefficient (Wildman–Crippen LogP) is 4.17. The molecule has 5 nitrogen and oxygen atoms in total. The van der Waals surface area contributed by atoms with Crippen molar-refractivity contribution < 1.29 is 9.18 Å². The van der Waals surface area contributed by atoms with Gasteiger partial charge in [0.25, 0.3) is 0 Å². The Morgan fingerprint density at radius 3 is 2.56 bits per heavy atom. The highest BCUT2D eigenvalue weighted by molar-refractivity contribution is 7.71. The lowest BCUT2D eigenvalue weighted by atomic mass is 9.95.